The second-order valence-corrected chi connectivity index (χ2v) is 7.08. The van der Waals surface area contributed by atoms with Crippen LogP contribution in [0.15, 0.2) is 0 Å². The van der Waals surface area contributed by atoms with Crippen LogP contribution in [0.1, 0.15) is 19.3 Å². The largest absolute Gasteiger partial charge is 0.459 e. The van der Waals surface area contributed by atoms with E-state index in [1.54, 1.807) is 0 Å². The third kappa shape index (κ3) is 4.03. The van der Waals surface area contributed by atoms with E-state index >= 15 is 0 Å². The van der Waals surface area contributed by atoms with Gasteiger partial charge in [0, 0.05) is 0 Å². The van der Waals surface area contributed by atoms with Crippen LogP contribution in [0.25, 0.3) is 0 Å². The van der Waals surface area contributed by atoms with Crippen LogP contribution in [-0.4, -0.2) is 18.8 Å². The first kappa shape index (κ1) is 9.42. The molecule has 2 N–H and O–H groups in total. The van der Waals surface area contributed by atoms with Gasteiger partial charge in [-0.15, -0.1) is 0 Å². The van der Waals surface area contributed by atoms with Gasteiger partial charge in [0.25, 0.3) is 0 Å². The van der Waals surface area contributed by atoms with E-state index in [9.17, 15) is 4.57 Å². The van der Waals surface area contributed by atoms with Crippen LogP contribution in [0, 0.1) is 0 Å². The van der Waals surface area contributed by atoms with E-state index in [0.717, 1.165) is 24.9 Å². The molecule has 0 aromatic rings. The van der Waals surface area contributed by atoms with Gasteiger partial charge in [-0.1, -0.05) is 19.3 Å². The summed E-state index contributed by atoms with van der Waals surface area (Å²) >= 11 is 0. The summed E-state index contributed by atoms with van der Waals surface area (Å²) in [7, 11) is -5.69. The molecule has 0 radical (unpaired) electrons. The fourth-order valence-electron chi connectivity index (χ4n) is 1.36. The topological polar surface area (TPSA) is 66.8 Å². The molecule has 0 aliphatic carbocycles. The Labute approximate surface area is 67.5 Å². The van der Waals surface area contributed by atoms with Gasteiger partial charge in [-0.3, -0.25) is 0 Å². The molecule has 0 spiro atoms. The van der Waals surface area contributed by atoms with Crippen LogP contribution in [0.3, 0.4) is 0 Å². The molecule has 0 aromatic heterocycles. The predicted octanol–water partition coefficient (Wildman–Crippen LogP) is 1.00. The average Bonchev–Trinajstić information content (AvgIpc) is 1.85. The molecule has 0 amide bonds. The SMILES string of the molecule is O=P(O)(O)O[SiH]1CCCCC1. The number of hydrogen-bond donors (Lipinski definition) is 2. The molecule has 0 bridgehead atoms. The molecule has 66 valence electrons. The zero-order valence-electron chi connectivity index (χ0n) is 6.27. The van der Waals surface area contributed by atoms with E-state index in [1.807, 2.05) is 0 Å². The van der Waals surface area contributed by atoms with Crippen molar-refractivity contribution in [2.45, 2.75) is 31.4 Å². The number of hydrogen-bond acceptors (Lipinski definition) is 2. The summed E-state index contributed by atoms with van der Waals surface area (Å²) in [5.41, 5.74) is 0. The second-order valence-electron chi connectivity index (χ2n) is 2.86. The average molecular weight is 196 g/mol. The van der Waals surface area contributed by atoms with E-state index in [0.29, 0.717) is 0 Å². The van der Waals surface area contributed by atoms with Crippen molar-refractivity contribution >= 4 is 16.9 Å². The van der Waals surface area contributed by atoms with Crippen molar-refractivity contribution in [1.82, 2.24) is 0 Å². The van der Waals surface area contributed by atoms with Crippen LogP contribution in [-0.2, 0) is 8.78 Å². The van der Waals surface area contributed by atoms with Crippen LogP contribution in [0.4, 0.5) is 0 Å². The van der Waals surface area contributed by atoms with E-state index in [4.69, 9.17) is 9.79 Å². The van der Waals surface area contributed by atoms with Crippen LogP contribution in [0.2, 0.25) is 12.1 Å². The van der Waals surface area contributed by atoms with Gasteiger partial charge in [-0.25, -0.2) is 4.57 Å². The molecule has 0 aromatic carbocycles. The quantitative estimate of drug-likeness (QED) is 0.511. The van der Waals surface area contributed by atoms with Crippen molar-refractivity contribution in [3.05, 3.63) is 0 Å². The Morgan fingerprint density at radius 3 is 2.18 bits per heavy atom. The Morgan fingerprint density at radius 2 is 1.73 bits per heavy atom. The lowest BCUT2D eigenvalue weighted by molar-refractivity contribution is 0.281. The molecule has 1 heterocycles. The molecule has 4 nitrogen and oxygen atoms in total. The van der Waals surface area contributed by atoms with Gasteiger partial charge < -0.3 is 14.0 Å². The van der Waals surface area contributed by atoms with Gasteiger partial charge in [-0.05, 0) is 12.1 Å². The van der Waals surface area contributed by atoms with Gasteiger partial charge in [-0.2, -0.15) is 0 Å². The minimum Gasteiger partial charge on any atom is -0.333 e. The zero-order valence-corrected chi connectivity index (χ0v) is 8.32. The monoisotopic (exact) mass is 196 g/mol. The molecule has 6 heteroatoms. The van der Waals surface area contributed by atoms with Crippen molar-refractivity contribution in [2.24, 2.45) is 0 Å². The minimum absolute atomic E-state index is 0.922. The summed E-state index contributed by atoms with van der Waals surface area (Å²) in [6.45, 7) is 0. The molecule has 0 saturated carbocycles. The molecule has 0 atom stereocenters. The summed E-state index contributed by atoms with van der Waals surface area (Å²) in [5.74, 6) is 0. The van der Waals surface area contributed by atoms with Crippen molar-refractivity contribution in [3.8, 4) is 0 Å². The number of phosphoric acid groups is 1. The number of rotatable bonds is 2. The first-order valence-corrected chi connectivity index (χ1v) is 7.45. The molecule has 1 fully saturated rings. The summed E-state index contributed by atoms with van der Waals surface area (Å²) in [6, 6.07) is 1.84. The van der Waals surface area contributed by atoms with E-state index < -0.39 is 16.9 Å². The van der Waals surface area contributed by atoms with E-state index in [2.05, 4.69) is 4.21 Å². The van der Waals surface area contributed by atoms with Gasteiger partial charge in [0.05, 0.1) is 0 Å². The Bertz CT molecular complexity index is 162. The second kappa shape index (κ2) is 3.82. The summed E-state index contributed by atoms with van der Waals surface area (Å²) < 4.78 is 15.1. The highest BCUT2D eigenvalue weighted by Crippen LogP contribution is 2.39. The van der Waals surface area contributed by atoms with Crippen LogP contribution >= 0.6 is 7.82 Å². The molecular weight excluding hydrogens is 183 g/mol. The molecule has 1 aliphatic rings. The Kier molecular flexibility index (Phi) is 3.27. The molecule has 0 unspecified atom stereocenters. The van der Waals surface area contributed by atoms with Gasteiger partial charge in [0.1, 0.15) is 0 Å². The third-order valence-corrected chi connectivity index (χ3v) is 6.23. The molecule has 1 saturated heterocycles. The smallest absolute Gasteiger partial charge is 0.333 e. The van der Waals surface area contributed by atoms with E-state index in [-0.39, 0.29) is 0 Å². The molecule has 1 aliphatic heterocycles. The van der Waals surface area contributed by atoms with Crippen molar-refractivity contribution in [3.63, 3.8) is 0 Å². The van der Waals surface area contributed by atoms with Crippen LogP contribution in [0.5, 0.6) is 0 Å². The lowest BCUT2D eigenvalue weighted by Crippen LogP contribution is -2.19. The molecular formula is C5H13O4PSi. The van der Waals surface area contributed by atoms with Crippen LogP contribution < -0.4 is 0 Å². The minimum atomic E-state index is -4.17. The summed E-state index contributed by atoms with van der Waals surface area (Å²) in [5, 5.41) is 0. The summed E-state index contributed by atoms with van der Waals surface area (Å²) in [6.07, 6.45) is 3.35. The maximum atomic E-state index is 10.4. The van der Waals surface area contributed by atoms with E-state index in [1.165, 1.54) is 6.42 Å². The first-order valence-electron chi connectivity index (χ1n) is 3.82. The molecule has 1 rings (SSSR count). The maximum absolute atomic E-state index is 10.4. The Morgan fingerprint density at radius 1 is 1.18 bits per heavy atom. The highest BCUT2D eigenvalue weighted by atomic mass is 31.2. The Hall–Kier alpha value is 0.327. The van der Waals surface area contributed by atoms with Crippen molar-refractivity contribution in [1.29, 1.82) is 0 Å². The zero-order chi connectivity index (χ0) is 8.32. The summed E-state index contributed by atoms with van der Waals surface area (Å²) in [4.78, 5) is 17.0. The highest BCUT2D eigenvalue weighted by molar-refractivity contribution is 7.47. The highest BCUT2D eigenvalue weighted by Gasteiger charge is 2.24. The van der Waals surface area contributed by atoms with Gasteiger partial charge >= 0.3 is 7.82 Å². The first-order chi connectivity index (χ1) is 5.08. The molecule has 11 heavy (non-hydrogen) atoms. The normalized spacial score (nSPS) is 22.0. The van der Waals surface area contributed by atoms with Crippen molar-refractivity contribution in [2.75, 3.05) is 0 Å². The maximum Gasteiger partial charge on any atom is 0.459 e. The Balaban J connectivity index is 2.30. The lowest BCUT2D eigenvalue weighted by atomic mass is 10.3. The lowest BCUT2D eigenvalue weighted by Gasteiger charge is -2.20. The third-order valence-electron chi connectivity index (χ3n) is 1.84. The van der Waals surface area contributed by atoms with Gasteiger partial charge in [0.15, 0.2) is 9.04 Å². The standard InChI is InChI=1S/C5H13O4PSi/c6-10(7,8)9-11-4-2-1-3-5-11/h11H,1-5H2,(H2,6,7,8). The predicted molar refractivity (Wildman–Crippen MR) is 43.7 cm³/mol. The van der Waals surface area contributed by atoms with Gasteiger partial charge in [0.2, 0.25) is 0 Å². The fraction of sp³-hybridized carbons (Fsp3) is 1.00. The van der Waals surface area contributed by atoms with Crippen molar-refractivity contribution < 1.29 is 18.6 Å². The fourth-order valence-corrected chi connectivity index (χ4v) is 5.54.